The molecular weight excluding hydrogens is 350 g/mol. The first kappa shape index (κ1) is 19.9. The van der Waals surface area contributed by atoms with Crippen LogP contribution in [0, 0.1) is 0 Å². The fourth-order valence-electron chi connectivity index (χ4n) is 2.05. The van der Waals surface area contributed by atoms with Crippen molar-refractivity contribution in [2.24, 2.45) is 0 Å². The first-order chi connectivity index (χ1) is 12.7. The summed E-state index contributed by atoms with van der Waals surface area (Å²) in [5.41, 5.74) is 0.357. The van der Waals surface area contributed by atoms with Gasteiger partial charge in [0, 0.05) is 12.3 Å². The van der Waals surface area contributed by atoms with E-state index in [0.29, 0.717) is 11.4 Å². The van der Waals surface area contributed by atoms with Gasteiger partial charge in [0.05, 0.1) is 24.1 Å². The largest absolute Gasteiger partial charge is 0.465 e. The van der Waals surface area contributed by atoms with Crippen molar-refractivity contribution in [3.8, 4) is 0 Å². The van der Waals surface area contributed by atoms with Crippen molar-refractivity contribution < 1.29 is 23.9 Å². The summed E-state index contributed by atoms with van der Waals surface area (Å²) >= 11 is 0. The molecule has 1 aromatic carbocycles. The van der Waals surface area contributed by atoms with E-state index in [4.69, 9.17) is 4.74 Å². The van der Waals surface area contributed by atoms with E-state index in [-0.39, 0.29) is 5.56 Å². The normalized spacial score (nSPS) is 11.3. The van der Waals surface area contributed by atoms with Crippen molar-refractivity contribution in [1.29, 1.82) is 0 Å². The first-order valence-corrected chi connectivity index (χ1v) is 8.13. The number of aromatic nitrogens is 2. The Labute approximate surface area is 156 Å². The minimum Gasteiger partial charge on any atom is -0.465 e. The number of carbonyl (C=O) groups is 3. The number of esters is 1. The Bertz CT molecular complexity index is 877. The zero-order valence-electron chi connectivity index (χ0n) is 15.6. The lowest BCUT2D eigenvalue weighted by atomic mass is 10.2. The van der Waals surface area contributed by atoms with Crippen LogP contribution in [0.4, 0.5) is 10.5 Å². The van der Waals surface area contributed by atoms with Gasteiger partial charge in [0.2, 0.25) is 5.91 Å². The summed E-state index contributed by atoms with van der Waals surface area (Å²) in [5.74, 6) is -1.01. The standard InChI is InChI=1S/C19H21N3O5/c1-19(2,3)27-18(25)22-11-13(20-12-22)9-10-16(23)21-15-8-6-5-7-14(15)17(24)26-4/h5-12H,1-4H3,(H,21,23). The molecule has 1 aromatic heterocycles. The Morgan fingerprint density at radius 1 is 1.19 bits per heavy atom. The lowest BCUT2D eigenvalue weighted by Crippen LogP contribution is -2.26. The lowest BCUT2D eigenvalue weighted by Gasteiger charge is -2.18. The van der Waals surface area contributed by atoms with Gasteiger partial charge in [-0.25, -0.2) is 19.1 Å². The van der Waals surface area contributed by atoms with E-state index in [1.54, 1.807) is 45.0 Å². The molecule has 0 saturated carbocycles. The molecule has 27 heavy (non-hydrogen) atoms. The van der Waals surface area contributed by atoms with Crippen molar-refractivity contribution in [3.63, 3.8) is 0 Å². The number of hydrogen-bond acceptors (Lipinski definition) is 6. The molecule has 0 bridgehead atoms. The Hall–Kier alpha value is -3.42. The molecule has 0 saturated heterocycles. The predicted octanol–water partition coefficient (Wildman–Crippen LogP) is 3.10. The smallest absolute Gasteiger partial charge is 0.419 e. The number of para-hydroxylation sites is 1. The highest BCUT2D eigenvalue weighted by Gasteiger charge is 2.18. The molecule has 142 valence electrons. The molecule has 2 aromatic rings. The molecule has 8 nitrogen and oxygen atoms in total. The third-order valence-corrected chi connectivity index (χ3v) is 3.20. The Morgan fingerprint density at radius 3 is 2.56 bits per heavy atom. The highest BCUT2D eigenvalue weighted by Crippen LogP contribution is 2.16. The molecule has 0 aliphatic carbocycles. The average molecular weight is 371 g/mol. The zero-order chi connectivity index (χ0) is 20.0. The topological polar surface area (TPSA) is 99.5 Å². The predicted molar refractivity (Wildman–Crippen MR) is 99.3 cm³/mol. The number of imidazole rings is 1. The molecule has 0 spiro atoms. The molecule has 0 unspecified atom stereocenters. The van der Waals surface area contributed by atoms with Crippen LogP contribution in [-0.4, -0.2) is 40.2 Å². The number of benzene rings is 1. The van der Waals surface area contributed by atoms with Gasteiger partial charge < -0.3 is 14.8 Å². The van der Waals surface area contributed by atoms with Crippen LogP contribution in [0.1, 0.15) is 36.8 Å². The van der Waals surface area contributed by atoms with Gasteiger partial charge in [-0.2, -0.15) is 0 Å². The van der Waals surface area contributed by atoms with Crippen LogP contribution in [-0.2, 0) is 14.3 Å². The number of methoxy groups -OCH3 is 1. The highest BCUT2D eigenvalue weighted by atomic mass is 16.6. The second-order valence-corrected chi connectivity index (χ2v) is 6.55. The Balaban J connectivity index is 2.04. The van der Waals surface area contributed by atoms with Gasteiger partial charge in [0.25, 0.3) is 0 Å². The van der Waals surface area contributed by atoms with Crippen LogP contribution in [0.2, 0.25) is 0 Å². The zero-order valence-corrected chi connectivity index (χ0v) is 15.6. The summed E-state index contributed by atoms with van der Waals surface area (Å²) in [6, 6.07) is 6.50. The van der Waals surface area contributed by atoms with E-state index >= 15 is 0 Å². The number of ether oxygens (including phenoxy) is 2. The number of nitrogens with one attached hydrogen (secondary N) is 1. The molecular formula is C19H21N3O5. The van der Waals surface area contributed by atoms with Crippen LogP contribution < -0.4 is 5.32 Å². The maximum atomic E-state index is 12.1. The van der Waals surface area contributed by atoms with Crippen LogP contribution in [0.25, 0.3) is 6.08 Å². The molecule has 1 N–H and O–H groups in total. The third-order valence-electron chi connectivity index (χ3n) is 3.20. The Morgan fingerprint density at radius 2 is 1.89 bits per heavy atom. The first-order valence-electron chi connectivity index (χ1n) is 8.13. The number of nitrogens with zero attached hydrogens (tertiary/aromatic N) is 2. The van der Waals surface area contributed by atoms with Crippen molar-refractivity contribution in [1.82, 2.24) is 9.55 Å². The molecule has 0 fully saturated rings. The highest BCUT2D eigenvalue weighted by molar-refractivity contribution is 6.06. The summed E-state index contributed by atoms with van der Waals surface area (Å²) in [6.45, 7) is 5.29. The van der Waals surface area contributed by atoms with E-state index in [0.717, 1.165) is 0 Å². The van der Waals surface area contributed by atoms with Gasteiger partial charge in [-0.05, 0) is 39.0 Å². The van der Waals surface area contributed by atoms with Gasteiger partial charge in [-0.3, -0.25) is 4.79 Å². The quantitative estimate of drug-likeness (QED) is 0.655. The summed E-state index contributed by atoms with van der Waals surface area (Å²) in [4.78, 5) is 39.8. The number of carbonyl (C=O) groups excluding carboxylic acids is 3. The van der Waals surface area contributed by atoms with E-state index in [9.17, 15) is 14.4 Å². The molecule has 8 heteroatoms. The van der Waals surface area contributed by atoms with E-state index < -0.39 is 23.6 Å². The number of anilines is 1. The van der Waals surface area contributed by atoms with Gasteiger partial charge in [0.1, 0.15) is 11.9 Å². The van der Waals surface area contributed by atoms with Gasteiger partial charge >= 0.3 is 12.1 Å². The van der Waals surface area contributed by atoms with Crippen molar-refractivity contribution in [2.45, 2.75) is 26.4 Å². The van der Waals surface area contributed by atoms with Gasteiger partial charge in [0.15, 0.2) is 0 Å². The number of hydrogen-bond donors (Lipinski definition) is 1. The summed E-state index contributed by atoms with van der Waals surface area (Å²) in [7, 11) is 1.27. The second-order valence-electron chi connectivity index (χ2n) is 6.55. The van der Waals surface area contributed by atoms with Crippen LogP contribution in [0.5, 0.6) is 0 Å². The summed E-state index contributed by atoms with van der Waals surface area (Å²) < 4.78 is 11.1. The SMILES string of the molecule is COC(=O)c1ccccc1NC(=O)C=Cc1cn(C(=O)OC(C)(C)C)cn1. The van der Waals surface area contributed by atoms with Crippen LogP contribution >= 0.6 is 0 Å². The second kappa shape index (κ2) is 8.31. The average Bonchev–Trinajstić information content (AvgIpc) is 3.07. The molecule has 1 heterocycles. The molecule has 0 aliphatic heterocycles. The van der Waals surface area contributed by atoms with Crippen molar-refractivity contribution in [3.05, 3.63) is 54.1 Å². The van der Waals surface area contributed by atoms with Crippen LogP contribution in [0.3, 0.4) is 0 Å². The fourth-order valence-corrected chi connectivity index (χ4v) is 2.05. The Kier molecular flexibility index (Phi) is 6.12. The third kappa shape index (κ3) is 5.81. The van der Waals surface area contributed by atoms with E-state index in [1.165, 1.54) is 36.4 Å². The fraction of sp³-hybridized carbons (Fsp3) is 0.263. The minimum atomic E-state index is -0.621. The van der Waals surface area contributed by atoms with Gasteiger partial charge in [-0.1, -0.05) is 12.1 Å². The number of rotatable bonds is 4. The minimum absolute atomic E-state index is 0.246. The molecule has 0 atom stereocenters. The molecule has 0 aliphatic rings. The summed E-state index contributed by atoms with van der Waals surface area (Å²) in [5, 5.41) is 2.60. The monoisotopic (exact) mass is 371 g/mol. The summed E-state index contributed by atoms with van der Waals surface area (Å²) in [6.07, 6.45) is 4.87. The van der Waals surface area contributed by atoms with Crippen LogP contribution in [0.15, 0.2) is 42.9 Å². The molecule has 1 amide bonds. The lowest BCUT2D eigenvalue weighted by molar-refractivity contribution is -0.111. The maximum Gasteiger partial charge on any atom is 0.419 e. The van der Waals surface area contributed by atoms with Crippen molar-refractivity contribution >= 4 is 29.7 Å². The molecule has 2 rings (SSSR count). The van der Waals surface area contributed by atoms with Crippen molar-refractivity contribution in [2.75, 3.05) is 12.4 Å². The molecule has 0 radical (unpaired) electrons. The number of amides is 1. The van der Waals surface area contributed by atoms with Gasteiger partial charge in [-0.15, -0.1) is 0 Å². The maximum absolute atomic E-state index is 12.1. The van der Waals surface area contributed by atoms with E-state index in [2.05, 4.69) is 15.0 Å². The van der Waals surface area contributed by atoms with E-state index in [1.807, 2.05) is 0 Å².